The van der Waals surface area contributed by atoms with E-state index in [0.717, 1.165) is 18.4 Å². The van der Waals surface area contributed by atoms with E-state index in [4.69, 9.17) is 5.73 Å². The van der Waals surface area contributed by atoms with Gasteiger partial charge in [0.2, 0.25) is 0 Å². The van der Waals surface area contributed by atoms with Crippen LogP contribution in [0, 0.1) is 10.1 Å². The van der Waals surface area contributed by atoms with Gasteiger partial charge in [0.25, 0.3) is 11.6 Å². The molecule has 0 heterocycles. The molecule has 6 heteroatoms. The Hall–Kier alpha value is -2.89. The summed E-state index contributed by atoms with van der Waals surface area (Å²) >= 11 is 0. The van der Waals surface area contributed by atoms with Crippen molar-refractivity contribution in [3.63, 3.8) is 0 Å². The van der Waals surface area contributed by atoms with Crippen molar-refractivity contribution in [1.29, 1.82) is 0 Å². The second kappa shape index (κ2) is 5.48. The van der Waals surface area contributed by atoms with Gasteiger partial charge in [0.15, 0.2) is 0 Å². The molecule has 0 aromatic heterocycles. The van der Waals surface area contributed by atoms with Crippen LogP contribution in [0.15, 0.2) is 42.5 Å². The van der Waals surface area contributed by atoms with Crippen LogP contribution in [0.4, 0.5) is 11.4 Å². The zero-order valence-electron chi connectivity index (χ0n) is 11.8. The molecule has 112 valence electrons. The number of nitro groups is 1. The molecule has 0 aliphatic heterocycles. The number of carbonyl (C=O) groups is 1. The van der Waals surface area contributed by atoms with Crippen LogP contribution in [0.2, 0.25) is 0 Å². The number of aryl methyl sites for hydroxylation is 1. The number of nitrogens with one attached hydrogen (secondary N) is 1. The van der Waals surface area contributed by atoms with Gasteiger partial charge in [-0.25, -0.2) is 0 Å². The van der Waals surface area contributed by atoms with E-state index in [1.807, 2.05) is 18.2 Å². The van der Waals surface area contributed by atoms with Crippen molar-refractivity contribution >= 4 is 17.3 Å². The number of fused-ring (bicyclic) bond motifs is 1. The van der Waals surface area contributed by atoms with E-state index in [1.165, 1.54) is 23.8 Å². The van der Waals surface area contributed by atoms with E-state index in [9.17, 15) is 14.9 Å². The average Bonchev–Trinajstić information content (AvgIpc) is 2.90. The molecule has 0 saturated heterocycles. The summed E-state index contributed by atoms with van der Waals surface area (Å²) in [5.74, 6) is -0.329. The minimum Gasteiger partial charge on any atom is -0.393 e. The number of rotatable bonds is 3. The number of nitrogen functional groups attached to an aromatic ring is 1. The van der Waals surface area contributed by atoms with Crippen molar-refractivity contribution in [1.82, 2.24) is 5.32 Å². The molecule has 3 rings (SSSR count). The SMILES string of the molecule is Nc1ccc(C(=O)N[C@H]2CCc3ccccc32)cc1[N+](=O)[O-]. The Morgan fingerprint density at radius 2 is 2.05 bits per heavy atom. The molecule has 0 unspecified atom stereocenters. The topological polar surface area (TPSA) is 98.3 Å². The first-order valence-corrected chi connectivity index (χ1v) is 6.99. The summed E-state index contributed by atoms with van der Waals surface area (Å²) in [6, 6.07) is 12.0. The zero-order chi connectivity index (χ0) is 15.7. The van der Waals surface area contributed by atoms with Crippen molar-refractivity contribution < 1.29 is 9.72 Å². The highest BCUT2D eigenvalue weighted by Crippen LogP contribution is 2.31. The fourth-order valence-corrected chi connectivity index (χ4v) is 2.79. The number of carbonyl (C=O) groups excluding carboxylic acids is 1. The van der Waals surface area contributed by atoms with E-state index in [-0.39, 0.29) is 28.9 Å². The fraction of sp³-hybridized carbons (Fsp3) is 0.188. The van der Waals surface area contributed by atoms with Crippen molar-refractivity contribution in [3.8, 4) is 0 Å². The number of benzene rings is 2. The molecule has 0 bridgehead atoms. The molecule has 0 radical (unpaired) electrons. The van der Waals surface area contributed by atoms with E-state index in [0.29, 0.717) is 0 Å². The summed E-state index contributed by atoms with van der Waals surface area (Å²) in [5.41, 5.74) is 7.93. The molecule has 6 nitrogen and oxygen atoms in total. The first kappa shape index (κ1) is 14.1. The van der Waals surface area contributed by atoms with Gasteiger partial charge in [-0.05, 0) is 36.1 Å². The monoisotopic (exact) mass is 297 g/mol. The summed E-state index contributed by atoms with van der Waals surface area (Å²) in [7, 11) is 0. The number of amides is 1. The second-order valence-electron chi connectivity index (χ2n) is 5.29. The van der Waals surface area contributed by atoms with Crippen molar-refractivity contribution in [3.05, 3.63) is 69.3 Å². The molecule has 2 aromatic rings. The molecule has 0 spiro atoms. The van der Waals surface area contributed by atoms with Crippen molar-refractivity contribution in [2.45, 2.75) is 18.9 Å². The van der Waals surface area contributed by atoms with Crippen LogP contribution in [0.5, 0.6) is 0 Å². The highest BCUT2D eigenvalue weighted by molar-refractivity contribution is 5.96. The lowest BCUT2D eigenvalue weighted by molar-refractivity contribution is -0.383. The molecular weight excluding hydrogens is 282 g/mol. The average molecular weight is 297 g/mol. The van der Waals surface area contributed by atoms with E-state index >= 15 is 0 Å². The number of hydrogen-bond acceptors (Lipinski definition) is 4. The highest BCUT2D eigenvalue weighted by atomic mass is 16.6. The standard InChI is InChI=1S/C16H15N3O3/c17-13-7-5-11(9-15(13)19(21)22)16(20)18-14-8-6-10-3-1-2-4-12(10)14/h1-5,7,9,14H,6,8,17H2,(H,18,20)/t14-/m0/s1. The third-order valence-electron chi connectivity index (χ3n) is 3.93. The maximum absolute atomic E-state index is 12.3. The Labute approximate surface area is 127 Å². The van der Waals surface area contributed by atoms with E-state index < -0.39 is 4.92 Å². The Morgan fingerprint density at radius 3 is 2.82 bits per heavy atom. The lowest BCUT2D eigenvalue weighted by Gasteiger charge is -2.14. The number of nitro benzene ring substituents is 1. The van der Waals surface area contributed by atoms with Gasteiger partial charge in [-0.2, -0.15) is 0 Å². The normalized spacial score (nSPS) is 16.1. The minimum absolute atomic E-state index is 0.0489. The van der Waals surface area contributed by atoms with Gasteiger partial charge >= 0.3 is 0 Å². The molecular formula is C16H15N3O3. The third-order valence-corrected chi connectivity index (χ3v) is 3.93. The van der Waals surface area contributed by atoms with Gasteiger partial charge < -0.3 is 11.1 Å². The molecule has 1 atom stereocenters. The van der Waals surface area contributed by atoms with Gasteiger partial charge in [-0.15, -0.1) is 0 Å². The molecule has 0 saturated carbocycles. The number of nitrogens with two attached hydrogens (primary N) is 1. The maximum Gasteiger partial charge on any atom is 0.292 e. The van der Waals surface area contributed by atoms with Crippen LogP contribution in [0.1, 0.15) is 33.9 Å². The molecule has 0 fully saturated rings. The predicted octanol–water partition coefficient (Wildman–Crippen LogP) is 2.59. The lowest BCUT2D eigenvalue weighted by Crippen LogP contribution is -2.27. The third kappa shape index (κ3) is 2.50. The predicted molar refractivity (Wildman–Crippen MR) is 82.5 cm³/mol. The Morgan fingerprint density at radius 1 is 1.27 bits per heavy atom. The first-order valence-electron chi connectivity index (χ1n) is 6.99. The number of nitrogens with zero attached hydrogens (tertiary/aromatic N) is 1. The minimum atomic E-state index is -0.586. The molecule has 1 aliphatic rings. The number of hydrogen-bond donors (Lipinski definition) is 2. The quantitative estimate of drug-likeness (QED) is 0.517. The smallest absolute Gasteiger partial charge is 0.292 e. The van der Waals surface area contributed by atoms with Crippen LogP contribution < -0.4 is 11.1 Å². The van der Waals surface area contributed by atoms with Crippen LogP contribution in [0.25, 0.3) is 0 Å². The van der Waals surface area contributed by atoms with Gasteiger partial charge in [-0.3, -0.25) is 14.9 Å². The van der Waals surface area contributed by atoms with Gasteiger partial charge in [0.1, 0.15) is 5.69 Å². The summed E-state index contributed by atoms with van der Waals surface area (Å²) in [5, 5.41) is 13.8. The fourth-order valence-electron chi connectivity index (χ4n) is 2.79. The largest absolute Gasteiger partial charge is 0.393 e. The lowest BCUT2D eigenvalue weighted by atomic mass is 10.1. The Kier molecular flexibility index (Phi) is 3.50. The summed E-state index contributed by atoms with van der Waals surface area (Å²) in [6.45, 7) is 0. The summed E-state index contributed by atoms with van der Waals surface area (Å²) < 4.78 is 0. The van der Waals surface area contributed by atoms with Crippen LogP contribution in [-0.2, 0) is 6.42 Å². The molecule has 2 aromatic carbocycles. The molecule has 1 aliphatic carbocycles. The number of anilines is 1. The molecule has 22 heavy (non-hydrogen) atoms. The molecule has 1 amide bonds. The van der Waals surface area contributed by atoms with Crippen LogP contribution in [0.3, 0.4) is 0 Å². The van der Waals surface area contributed by atoms with Gasteiger partial charge in [0, 0.05) is 11.6 Å². The Bertz CT molecular complexity index is 758. The van der Waals surface area contributed by atoms with E-state index in [2.05, 4.69) is 11.4 Å². The highest BCUT2D eigenvalue weighted by Gasteiger charge is 2.24. The molecule has 3 N–H and O–H groups in total. The van der Waals surface area contributed by atoms with Crippen molar-refractivity contribution in [2.75, 3.05) is 5.73 Å². The second-order valence-corrected chi connectivity index (χ2v) is 5.29. The Balaban J connectivity index is 1.81. The van der Waals surface area contributed by atoms with E-state index in [1.54, 1.807) is 0 Å². The van der Waals surface area contributed by atoms with Gasteiger partial charge in [-0.1, -0.05) is 24.3 Å². The van der Waals surface area contributed by atoms with Crippen LogP contribution in [-0.4, -0.2) is 10.8 Å². The first-order chi connectivity index (χ1) is 10.6. The van der Waals surface area contributed by atoms with Gasteiger partial charge in [0.05, 0.1) is 11.0 Å². The zero-order valence-corrected chi connectivity index (χ0v) is 11.8. The maximum atomic E-state index is 12.3. The van der Waals surface area contributed by atoms with Crippen molar-refractivity contribution in [2.24, 2.45) is 0 Å². The summed E-state index contributed by atoms with van der Waals surface area (Å²) in [4.78, 5) is 22.6. The summed E-state index contributed by atoms with van der Waals surface area (Å²) in [6.07, 6.45) is 1.76. The van der Waals surface area contributed by atoms with Crippen LogP contribution >= 0.6 is 0 Å².